The minimum atomic E-state index is -0.394. The van der Waals surface area contributed by atoms with Gasteiger partial charge in [-0.3, -0.25) is 4.84 Å². The lowest BCUT2D eigenvalue weighted by molar-refractivity contribution is -0.0904. The van der Waals surface area contributed by atoms with Crippen molar-refractivity contribution in [1.29, 1.82) is 0 Å². The third-order valence-electron chi connectivity index (χ3n) is 5.70. The molecule has 2 N–H and O–H groups in total. The first-order valence-electron chi connectivity index (χ1n) is 10.5. The van der Waals surface area contributed by atoms with Crippen LogP contribution >= 0.6 is 0 Å². The van der Waals surface area contributed by atoms with Crippen molar-refractivity contribution in [3.8, 4) is 17.0 Å². The van der Waals surface area contributed by atoms with E-state index in [0.717, 1.165) is 48.9 Å². The van der Waals surface area contributed by atoms with E-state index in [1.165, 1.54) is 18.2 Å². The van der Waals surface area contributed by atoms with Gasteiger partial charge < -0.3 is 14.8 Å². The molecule has 7 heteroatoms. The molecule has 1 aromatic heterocycles. The van der Waals surface area contributed by atoms with Crippen LogP contribution in [0.3, 0.4) is 0 Å². The highest BCUT2D eigenvalue weighted by Crippen LogP contribution is 2.38. The summed E-state index contributed by atoms with van der Waals surface area (Å²) < 4.78 is 12.0. The number of hydroxylamine groups is 1. The van der Waals surface area contributed by atoms with Gasteiger partial charge in [0.2, 0.25) is 5.88 Å². The van der Waals surface area contributed by atoms with Gasteiger partial charge in [0, 0.05) is 30.7 Å². The summed E-state index contributed by atoms with van der Waals surface area (Å²) in [7, 11) is 1.42. The Morgan fingerprint density at radius 3 is 2.93 bits per heavy atom. The standard InChI is InChI=1S/C23H29N3O4/c1-23(2)14-17(10-12-29-23)30-20-13-16(9-11-24-20)19-8-7-15-5-4-6-18(15)21(19)25-22(27)26-28-3/h7-9,11,13,17H,4-6,10,12,14H2,1-3H3,(H2,25,26,27). The average Bonchev–Trinajstić information content (AvgIpc) is 3.17. The monoisotopic (exact) mass is 411 g/mol. The van der Waals surface area contributed by atoms with E-state index >= 15 is 0 Å². The molecule has 2 amide bonds. The normalized spacial score (nSPS) is 19.8. The minimum absolute atomic E-state index is 0.0709. The molecule has 2 aliphatic rings. The molecule has 0 saturated carbocycles. The van der Waals surface area contributed by atoms with Crippen molar-refractivity contribution in [1.82, 2.24) is 10.5 Å². The van der Waals surface area contributed by atoms with Crippen LogP contribution in [0.2, 0.25) is 0 Å². The predicted octanol–water partition coefficient (Wildman–Crippen LogP) is 4.26. The van der Waals surface area contributed by atoms with E-state index in [-0.39, 0.29) is 11.7 Å². The quantitative estimate of drug-likeness (QED) is 0.719. The Balaban J connectivity index is 1.62. The third kappa shape index (κ3) is 4.57. The second kappa shape index (κ2) is 8.62. The van der Waals surface area contributed by atoms with Crippen LogP contribution in [-0.2, 0) is 22.4 Å². The molecular weight excluding hydrogens is 382 g/mol. The molecule has 1 atom stereocenters. The maximum Gasteiger partial charge on any atom is 0.343 e. The molecule has 0 radical (unpaired) electrons. The van der Waals surface area contributed by atoms with Gasteiger partial charge in [0.1, 0.15) is 6.10 Å². The maximum atomic E-state index is 12.2. The first-order chi connectivity index (χ1) is 14.4. The SMILES string of the molecule is CONC(=O)Nc1c(-c2ccnc(OC3CCOC(C)(C)C3)c2)ccc2c1CCC2. The predicted molar refractivity (Wildman–Crippen MR) is 115 cm³/mol. The number of hydrogen-bond acceptors (Lipinski definition) is 5. The van der Waals surface area contributed by atoms with Gasteiger partial charge in [-0.1, -0.05) is 12.1 Å². The number of ether oxygens (including phenoxy) is 2. The minimum Gasteiger partial charge on any atom is -0.474 e. The first-order valence-corrected chi connectivity index (χ1v) is 10.5. The van der Waals surface area contributed by atoms with Crippen LogP contribution in [0.25, 0.3) is 11.1 Å². The molecule has 2 aromatic rings. The van der Waals surface area contributed by atoms with Crippen LogP contribution in [0.15, 0.2) is 30.5 Å². The Bertz CT molecular complexity index is 929. The lowest BCUT2D eigenvalue weighted by atomic mass is 9.96. The Hall–Kier alpha value is -2.64. The molecule has 2 heterocycles. The van der Waals surface area contributed by atoms with Crippen LogP contribution < -0.4 is 15.5 Å². The topological polar surface area (TPSA) is 81.7 Å². The zero-order valence-corrected chi connectivity index (χ0v) is 17.8. The second-order valence-corrected chi connectivity index (χ2v) is 8.46. The van der Waals surface area contributed by atoms with Gasteiger partial charge in [-0.05, 0) is 55.9 Å². The molecule has 1 aliphatic heterocycles. The van der Waals surface area contributed by atoms with Crippen molar-refractivity contribution in [3.05, 3.63) is 41.6 Å². The molecular formula is C23H29N3O4. The Kier molecular flexibility index (Phi) is 5.92. The molecule has 0 spiro atoms. The lowest BCUT2D eigenvalue weighted by Crippen LogP contribution is -2.39. The number of aromatic nitrogens is 1. The van der Waals surface area contributed by atoms with Crippen LogP contribution in [0.1, 0.15) is 44.2 Å². The number of fused-ring (bicyclic) bond motifs is 1. The Morgan fingerprint density at radius 1 is 1.27 bits per heavy atom. The van der Waals surface area contributed by atoms with E-state index in [2.05, 4.69) is 41.8 Å². The highest BCUT2D eigenvalue weighted by molar-refractivity contribution is 5.96. The molecule has 160 valence electrons. The molecule has 1 aromatic carbocycles. The number of aryl methyl sites for hydroxylation is 1. The smallest absolute Gasteiger partial charge is 0.343 e. The van der Waals surface area contributed by atoms with Crippen molar-refractivity contribution in [3.63, 3.8) is 0 Å². The van der Waals surface area contributed by atoms with Crippen LogP contribution in [-0.4, -0.2) is 36.4 Å². The maximum absolute atomic E-state index is 12.2. The fourth-order valence-electron chi connectivity index (χ4n) is 4.37. The van der Waals surface area contributed by atoms with E-state index in [1.807, 2.05) is 12.1 Å². The van der Waals surface area contributed by atoms with E-state index in [1.54, 1.807) is 6.20 Å². The highest BCUT2D eigenvalue weighted by atomic mass is 16.6. The van der Waals surface area contributed by atoms with Crippen LogP contribution in [0.5, 0.6) is 5.88 Å². The molecule has 0 bridgehead atoms. The van der Waals surface area contributed by atoms with Crippen molar-refractivity contribution < 1.29 is 19.1 Å². The summed E-state index contributed by atoms with van der Waals surface area (Å²) >= 11 is 0. The first kappa shape index (κ1) is 20.6. The van der Waals surface area contributed by atoms with Gasteiger partial charge in [0.15, 0.2) is 0 Å². The van der Waals surface area contributed by atoms with Gasteiger partial charge in [0.25, 0.3) is 0 Å². The summed E-state index contributed by atoms with van der Waals surface area (Å²) in [5.74, 6) is 0.586. The molecule has 4 rings (SSSR count). The third-order valence-corrected chi connectivity index (χ3v) is 5.70. The fraction of sp³-hybridized carbons (Fsp3) is 0.478. The Labute approximate surface area is 177 Å². The number of rotatable bonds is 5. The average molecular weight is 412 g/mol. The molecule has 1 aliphatic carbocycles. The van der Waals surface area contributed by atoms with Gasteiger partial charge >= 0.3 is 6.03 Å². The molecule has 1 fully saturated rings. The molecule has 1 unspecified atom stereocenters. The van der Waals surface area contributed by atoms with E-state index in [9.17, 15) is 4.79 Å². The zero-order valence-electron chi connectivity index (χ0n) is 17.8. The van der Waals surface area contributed by atoms with E-state index in [0.29, 0.717) is 12.5 Å². The van der Waals surface area contributed by atoms with Gasteiger partial charge in [-0.2, -0.15) is 0 Å². The van der Waals surface area contributed by atoms with E-state index in [4.69, 9.17) is 14.3 Å². The number of benzene rings is 1. The second-order valence-electron chi connectivity index (χ2n) is 8.46. The summed E-state index contributed by atoms with van der Waals surface area (Å²) in [5, 5.41) is 2.97. The van der Waals surface area contributed by atoms with Crippen molar-refractivity contribution >= 4 is 11.7 Å². The molecule has 30 heavy (non-hydrogen) atoms. The summed E-state index contributed by atoms with van der Waals surface area (Å²) in [5.41, 5.74) is 7.33. The van der Waals surface area contributed by atoms with Crippen molar-refractivity contribution in [2.45, 2.75) is 57.7 Å². The Morgan fingerprint density at radius 2 is 2.13 bits per heavy atom. The van der Waals surface area contributed by atoms with Crippen LogP contribution in [0, 0.1) is 0 Å². The summed E-state index contributed by atoms with van der Waals surface area (Å²) in [4.78, 5) is 21.4. The summed E-state index contributed by atoms with van der Waals surface area (Å²) in [6, 6.07) is 7.70. The highest BCUT2D eigenvalue weighted by Gasteiger charge is 2.30. The molecule has 7 nitrogen and oxygen atoms in total. The fourth-order valence-corrected chi connectivity index (χ4v) is 4.37. The summed E-state index contributed by atoms with van der Waals surface area (Å²) in [6.07, 6.45) is 6.55. The number of carbonyl (C=O) groups excluding carboxylic acids is 1. The number of anilines is 1. The summed E-state index contributed by atoms with van der Waals surface area (Å²) in [6.45, 7) is 4.85. The lowest BCUT2D eigenvalue weighted by Gasteiger charge is -2.35. The number of nitrogens with zero attached hydrogens (tertiary/aromatic N) is 1. The van der Waals surface area contributed by atoms with Gasteiger partial charge in [0.05, 0.1) is 25.0 Å². The number of pyridine rings is 1. The number of urea groups is 1. The largest absolute Gasteiger partial charge is 0.474 e. The number of carbonyl (C=O) groups is 1. The number of amides is 2. The molecule has 1 saturated heterocycles. The van der Waals surface area contributed by atoms with Crippen molar-refractivity contribution in [2.75, 3.05) is 19.0 Å². The zero-order chi connectivity index (χ0) is 21.1. The van der Waals surface area contributed by atoms with Gasteiger partial charge in [-0.25, -0.2) is 15.3 Å². The van der Waals surface area contributed by atoms with Crippen molar-refractivity contribution in [2.24, 2.45) is 0 Å². The van der Waals surface area contributed by atoms with Gasteiger partial charge in [-0.15, -0.1) is 0 Å². The number of nitrogens with one attached hydrogen (secondary N) is 2. The number of hydrogen-bond donors (Lipinski definition) is 2. The van der Waals surface area contributed by atoms with Crippen LogP contribution in [0.4, 0.5) is 10.5 Å². The van der Waals surface area contributed by atoms with E-state index < -0.39 is 6.03 Å².